The largest absolute Gasteiger partial charge is 0.271 e. The van der Waals surface area contributed by atoms with Crippen LogP contribution < -0.4 is 11.3 Å². The minimum atomic E-state index is -0.398. The molecule has 17 heavy (non-hydrogen) atoms. The van der Waals surface area contributed by atoms with Gasteiger partial charge in [-0.25, -0.2) is 9.82 Å². The van der Waals surface area contributed by atoms with Crippen LogP contribution in [0.3, 0.4) is 0 Å². The zero-order chi connectivity index (χ0) is 12.4. The SMILES string of the molecule is NNC(c1ccc(Cl)s1)c1cc(Br)ccc1F. The van der Waals surface area contributed by atoms with Crippen LogP contribution >= 0.6 is 38.9 Å². The van der Waals surface area contributed by atoms with Crippen molar-refractivity contribution in [2.75, 3.05) is 0 Å². The highest BCUT2D eigenvalue weighted by Crippen LogP contribution is 2.32. The molecule has 0 fully saturated rings. The van der Waals surface area contributed by atoms with Gasteiger partial charge in [0.2, 0.25) is 0 Å². The molecule has 6 heteroatoms. The van der Waals surface area contributed by atoms with Gasteiger partial charge in [0.1, 0.15) is 5.82 Å². The molecule has 0 amide bonds. The lowest BCUT2D eigenvalue weighted by Crippen LogP contribution is -2.28. The Morgan fingerprint density at radius 1 is 1.35 bits per heavy atom. The van der Waals surface area contributed by atoms with Gasteiger partial charge in [-0.15, -0.1) is 11.3 Å². The molecule has 3 N–H and O–H groups in total. The number of rotatable bonds is 3. The lowest BCUT2D eigenvalue weighted by atomic mass is 10.1. The second kappa shape index (κ2) is 5.46. The van der Waals surface area contributed by atoms with Gasteiger partial charge in [0, 0.05) is 14.9 Å². The molecule has 0 aliphatic heterocycles. The summed E-state index contributed by atoms with van der Waals surface area (Å²) < 4.78 is 15.2. The Kier molecular flexibility index (Phi) is 4.17. The topological polar surface area (TPSA) is 38.0 Å². The summed E-state index contributed by atoms with van der Waals surface area (Å²) >= 11 is 10.6. The van der Waals surface area contributed by atoms with Crippen molar-refractivity contribution in [1.29, 1.82) is 0 Å². The second-order valence-electron chi connectivity index (χ2n) is 3.41. The van der Waals surface area contributed by atoms with Crippen LogP contribution in [0.15, 0.2) is 34.8 Å². The molecule has 90 valence electrons. The summed E-state index contributed by atoms with van der Waals surface area (Å²) in [4.78, 5) is 0.870. The van der Waals surface area contributed by atoms with Gasteiger partial charge in [-0.05, 0) is 30.3 Å². The Balaban J connectivity index is 2.45. The van der Waals surface area contributed by atoms with Crippen molar-refractivity contribution in [2.45, 2.75) is 6.04 Å². The molecule has 0 saturated carbocycles. The van der Waals surface area contributed by atoms with E-state index in [1.165, 1.54) is 17.4 Å². The lowest BCUT2D eigenvalue weighted by Gasteiger charge is -2.15. The molecule has 2 rings (SSSR count). The first-order chi connectivity index (χ1) is 8.11. The fourth-order valence-electron chi connectivity index (χ4n) is 1.54. The van der Waals surface area contributed by atoms with E-state index in [0.29, 0.717) is 9.90 Å². The minimum absolute atomic E-state index is 0.305. The molecule has 2 aromatic rings. The first-order valence-electron chi connectivity index (χ1n) is 4.78. The summed E-state index contributed by atoms with van der Waals surface area (Å²) in [6, 6.07) is 7.95. The molecule has 1 aromatic carbocycles. The molecule has 1 atom stereocenters. The van der Waals surface area contributed by atoms with Gasteiger partial charge >= 0.3 is 0 Å². The van der Waals surface area contributed by atoms with E-state index in [-0.39, 0.29) is 5.82 Å². The third-order valence-corrected chi connectivity index (χ3v) is 4.10. The molecule has 0 aliphatic rings. The standard InChI is InChI=1S/C11H9BrClFN2S/c12-6-1-2-8(14)7(5-6)11(16-15)9-3-4-10(13)17-9/h1-5,11,16H,15H2. The van der Waals surface area contributed by atoms with Crippen molar-refractivity contribution in [2.24, 2.45) is 5.84 Å². The van der Waals surface area contributed by atoms with Crippen molar-refractivity contribution in [3.63, 3.8) is 0 Å². The highest BCUT2D eigenvalue weighted by Gasteiger charge is 2.18. The fraction of sp³-hybridized carbons (Fsp3) is 0.0909. The number of hydrogen-bond donors (Lipinski definition) is 2. The molecule has 1 heterocycles. The maximum atomic E-state index is 13.8. The Morgan fingerprint density at radius 3 is 2.71 bits per heavy atom. The Bertz CT molecular complexity index is 532. The number of halogens is 3. The van der Waals surface area contributed by atoms with Crippen molar-refractivity contribution in [3.05, 3.63) is 55.4 Å². The number of hydrazine groups is 1. The van der Waals surface area contributed by atoms with E-state index in [1.807, 2.05) is 6.07 Å². The second-order valence-corrected chi connectivity index (χ2v) is 6.07. The van der Waals surface area contributed by atoms with Gasteiger partial charge in [0.15, 0.2) is 0 Å². The van der Waals surface area contributed by atoms with Crippen LogP contribution in [-0.4, -0.2) is 0 Å². The molecule has 0 spiro atoms. The van der Waals surface area contributed by atoms with Crippen LogP contribution in [0.2, 0.25) is 4.34 Å². The molecule has 1 unspecified atom stereocenters. The van der Waals surface area contributed by atoms with Gasteiger partial charge in [-0.3, -0.25) is 5.84 Å². The summed E-state index contributed by atoms with van der Waals surface area (Å²) in [7, 11) is 0. The van der Waals surface area contributed by atoms with Gasteiger partial charge in [0.25, 0.3) is 0 Å². The summed E-state index contributed by atoms with van der Waals surface area (Å²) in [5.41, 5.74) is 3.09. The normalized spacial score (nSPS) is 12.7. The van der Waals surface area contributed by atoms with E-state index in [0.717, 1.165) is 9.35 Å². The van der Waals surface area contributed by atoms with Crippen molar-refractivity contribution < 1.29 is 4.39 Å². The third kappa shape index (κ3) is 2.86. The maximum Gasteiger partial charge on any atom is 0.128 e. The summed E-state index contributed by atoms with van der Waals surface area (Å²) in [5.74, 6) is 5.19. The lowest BCUT2D eigenvalue weighted by molar-refractivity contribution is 0.564. The van der Waals surface area contributed by atoms with E-state index in [9.17, 15) is 4.39 Å². The number of thiophene rings is 1. The predicted molar refractivity (Wildman–Crippen MR) is 72.6 cm³/mol. The van der Waals surface area contributed by atoms with Crippen LogP contribution in [0.4, 0.5) is 4.39 Å². The average molecular weight is 336 g/mol. The first kappa shape index (κ1) is 13.0. The summed E-state index contributed by atoms with van der Waals surface area (Å²) in [5, 5.41) is 0. The van der Waals surface area contributed by atoms with Crippen molar-refractivity contribution in [1.82, 2.24) is 5.43 Å². The van der Waals surface area contributed by atoms with E-state index >= 15 is 0 Å². The molecular weight excluding hydrogens is 327 g/mol. The van der Waals surface area contributed by atoms with Crippen LogP contribution in [-0.2, 0) is 0 Å². The van der Waals surface area contributed by atoms with Crippen LogP contribution in [0.1, 0.15) is 16.5 Å². The van der Waals surface area contributed by atoms with E-state index in [4.69, 9.17) is 17.4 Å². The molecular formula is C11H9BrClFN2S. The van der Waals surface area contributed by atoms with E-state index in [2.05, 4.69) is 21.4 Å². The van der Waals surface area contributed by atoms with Gasteiger partial charge in [-0.1, -0.05) is 27.5 Å². The number of benzene rings is 1. The molecule has 0 bridgehead atoms. The average Bonchev–Trinajstić information content (AvgIpc) is 2.71. The monoisotopic (exact) mass is 334 g/mol. The van der Waals surface area contributed by atoms with Crippen molar-refractivity contribution in [3.8, 4) is 0 Å². The van der Waals surface area contributed by atoms with Gasteiger partial charge < -0.3 is 0 Å². The van der Waals surface area contributed by atoms with Gasteiger partial charge in [-0.2, -0.15) is 0 Å². The Labute approximate surface area is 116 Å². The molecule has 1 aromatic heterocycles. The first-order valence-corrected chi connectivity index (χ1v) is 6.77. The molecule has 0 radical (unpaired) electrons. The van der Waals surface area contributed by atoms with Crippen LogP contribution in [0.5, 0.6) is 0 Å². The molecule has 2 nitrogen and oxygen atoms in total. The summed E-state index contributed by atoms with van der Waals surface area (Å²) in [6.45, 7) is 0. The van der Waals surface area contributed by atoms with E-state index in [1.54, 1.807) is 18.2 Å². The zero-order valence-corrected chi connectivity index (χ0v) is 11.7. The summed E-state index contributed by atoms with van der Waals surface area (Å²) in [6.07, 6.45) is 0. The molecule has 0 saturated heterocycles. The Hall–Kier alpha value is -0.460. The Morgan fingerprint density at radius 2 is 2.12 bits per heavy atom. The maximum absolute atomic E-state index is 13.8. The quantitative estimate of drug-likeness (QED) is 0.660. The van der Waals surface area contributed by atoms with Gasteiger partial charge in [0.05, 0.1) is 10.4 Å². The highest BCUT2D eigenvalue weighted by atomic mass is 79.9. The number of nitrogens with one attached hydrogen (secondary N) is 1. The zero-order valence-electron chi connectivity index (χ0n) is 8.58. The van der Waals surface area contributed by atoms with Crippen LogP contribution in [0, 0.1) is 5.82 Å². The third-order valence-electron chi connectivity index (χ3n) is 2.31. The minimum Gasteiger partial charge on any atom is -0.271 e. The van der Waals surface area contributed by atoms with E-state index < -0.39 is 6.04 Å². The fourth-order valence-corrected chi connectivity index (χ4v) is 3.06. The number of hydrogen-bond acceptors (Lipinski definition) is 3. The van der Waals surface area contributed by atoms with Crippen LogP contribution in [0.25, 0.3) is 0 Å². The van der Waals surface area contributed by atoms with Crippen molar-refractivity contribution >= 4 is 38.9 Å². The number of nitrogens with two attached hydrogens (primary N) is 1. The smallest absolute Gasteiger partial charge is 0.128 e. The predicted octanol–water partition coefficient (Wildman–Crippen LogP) is 3.86. The molecule has 0 aliphatic carbocycles. The highest BCUT2D eigenvalue weighted by molar-refractivity contribution is 9.10.